The van der Waals surface area contributed by atoms with Gasteiger partial charge in [0, 0.05) is 12.4 Å². The van der Waals surface area contributed by atoms with Gasteiger partial charge in [-0.25, -0.2) is 9.97 Å². The van der Waals surface area contributed by atoms with Gasteiger partial charge in [-0.2, -0.15) is 0 Å². The van der Waals surface area contributed by atoms with Crippen molar-refractivity contribution in [3.63, 3.8) is 0 Å². The molecule has 5 aromatic rings. The van der Waals surface area contributed by atoms with Crippen LogP contribution in [0.4, 0.5) is 0 Å². The van der Waals surface area contributed by atoms with Gasteiger partial charge in [0.15, 0.2) is 5.65 Å². The molecule has 0 radical (unpaired) electrons. The maximum absolute atomic E-state index is 5.62. The quantitative estimate of drug-likeness (QED) is 0.455. The van der Waals surface area contributed by atoms with E-state index in [2.05, 4.69) is 20.2 Å². The Labute approximate surface area is 165 Å². The monoisotopic (exact) mass is 390 g/mol. The molecule has 0 amide bonds. The Kier molecular flexibility index (Phi) is 4.12. The molecule has 0 aliphatic heterocycles. The van der Waals surface area contributed by atoms with Crippen molar-refractivity contribution >= 4 is 44.9 Å². The second kappa shape index (κ2) is 6.79. The Balaban J connectivity index is 1.47. The zero-order valence-corrected chi connectivity index (χ0v) is 16.3. The van der Waals surface area contributed by atoms with Gasteiger partial charge in [0.25, 0.3) is 0 Å². The molecule has 2 aromatic carbocycles. The van der Waals surface area contributed by atoms with Crippen LogP contribution >= 0.6 is 11.8 Å². The number of para-hydroxylation sites is 2. The number of nitrogens with zero attached hydrogens (tertiary/aromatic N) is 5. The number of aryl methyl sites for hydroxylation is 1. The minimum Gasteiger partial charge on any atom is -0.494 e. The lowest BCUT2D eigenvalue weighted by Gasteiger charge is -2.02. The number of ether oxygens (including phenoxy) is 1. The third kappa shape index (κ3) is 2.86. The molecule has 0 saturated carbocycles. The van der Waals surface area contributed by atoms with Crippen molar-refractivity contribution in [1.82, 2.24) is 29.7 Å². The fourth-order valence-corrected chi connectivity index (χ4v) is 4.00. The van der Waals surface area contributed by atoms with E-state index in [0.717, 1.165) is 44.7 Å². The smallest absolute Gasteiger partial charge is 0.211 e. The van der Waals surface area contributed by atoms with E-state index in [0.29, 0.717) is 17.5 Å². The van der Waals surface area contributed by atoms with Crippen molar-refractivity contribution in [2.24, 2.45) is 7.05 Å². The van der Waals surface area contributed by atoms with Crippen molar-refractivity contribution in [3.8, 4) is 5.75 Å². The highest BCUT2D eigenvalue weighted by Crippen LogP contribution is 2.30. The molecular weight excluding hydrogens is 372 g/mol. The zero-order valence-electron chi connectivity index (χ0n) is 15.5. The van der Waals surface area contributed by atoms with Crippen molar-refractivity contribution in [2.75, 3.05) is 6.61 Å². The van der Waals surface area contributed by atoms with E-state index in [1.165, 1.54) is 11.8 Å². The first-order valence-electron chi connectivity index (χ1n) is 9.05. The van der Waals surface area contributed by atoms with Gasteiger partial charge in [-0.05, 0) is 37.3 Å². The van der Waals surface area contributed by atoms with Gasteiger partial charge in [-0.1, -0.05) is 23.9 Å². The summed E-state index contributed by atoms with van der Waals surface area (Å²) < 4.78 is 7.66. The number of nitrogens with one attached hydrogen (secondary N) is 1. The van der Waals surface area contributed by atoms with Crippen molar-refractivity contribution in [3.05, 3.63) is 48.3 Å². The average molecular weight is 390 g/mol. The highest BCUT2D eigenvalue weighted by molar-refractivity contribution is 7.98. The summed E-state index contributed by atoms with van der Waals surface area (Å²) in [5, 5.41) is 10.4. The second-order valence-corrected chi connectivity index (χ2v) is 7.37. The number of fused-ring (bicyclic) bond motifs is 4. The molecule has 0 aliphatic carbocycles. The Morgan fingerprint density at radius 2 is 2.00 bits per heavy atom. The molecule has 0 spiro atoms. The number of hydrogen-bond donors (Lipinski definition) is 1. The van der Waals surface area contributed by atoms with Crippen LogP contribution in [0.5, 0.6) is 5.75 Å². The van der Waals surface area contributed by atoms with Crippen molar-refractivity contribution in [2.45, 2.75) is 17.8 Å². The maximum Gasteiger partial charge on any atom is 0.211 e. The van der Waals surface area contributed by atoms with Gasteiger partial charge >= 0.3 is 0 Å². The molecule has 140 valence electrons. The number of H-pyrrole nitrogens is 1. The van der Waals surface area contributed by atoms with Gasteiger partial charge < -0.3 is 14.3 Å². The van der Waals surface area contributed by atoms with E-state index >= 15 is 0 Å². The van der Waals surface area contributed by atoms with Crippen molar-refractivity contribution < 1.29 is 4.74 Å². The third-order valence-corrected chi connectivity index (χ3v) is 5.49. The molecule has 0 fully saturated rings. The van der Waals surface area contributed by atoms with E-state index in [1.807, 2.05) is 61.0 Å². The summed E-state index contributed by atoms with van der Waals surface area (Å²) in [6, 6.07) is 14.0. The van der Waals surface area contributed by atoms with Gasteiger partial charge in [0.2, 0.25) is 5.16 Å². The minimum atomic E-state index is 0.628. The zero-order chi connectivity index (χ0) is 19.1. The fourth-order valence-electron chi connectivity index (χ4n) is 3.35. The molecule has 1 N–H and O–H groups in total. The van der Waals surface area contributed by atoms with Gasteiger partial charge in [-0.15, -0.1) is 10.2 Å². The van der Waals surface area contributed by atoms with Crippen LogP contribution in [0, 0.1) is 0 Å². The molecule has 0 unspecified atom stereocenters. The fraction of sp³-hybridized carbons (Fsp3) is 0.200. The normalized spacial score (nSPS) is 11.6. The summed E-state index contributed by atoms with van der Waals surface area (Å²) in [6.07, 6.45) is 0. The van der Waals surface area contributed by atoms with Gasteiger partial charge in [0.05, 0.1) is 28.9 Å². The van der Waals surface area contributed by atoms with Crippen LogP contribution in [-0.2, 0) is 12.8 Å². The lowest BCUT2D eigenvalue weighted by Crippen LogP contribution is -1.96. The van der Waals surface area contributed by atoms with Gasteiger partial charge in [0.1, 0.15) is 17.1 Å². The predicted octanol–water partition coefficient (Wildman–Crippen LogP) is 4.08. The van der Waals surface area contributed by atoms with E-state index in [1.54, 1.807) is 0 Å². The molecule has 3 heterocycles. The Morgan fingerprint density at radius 1 is 1.11 bits per heavy atom. The van der Waals surface area contributed by atoms with E-state index in [-0.39, 0.29) is 0 Å². The van der Waals surface area contributed by atoms with Crippen LogP contribution < -0.4 is 4.74 Å². The van der Waals surface area contributed by atoms with Crippen LogP contribution in [0.3, 0.4) is 0 Å². The van der Waals surface area contributed by atoms with Crippen LogP contribution in [0.1, 0.15) is 12.7 Å². The number of benzene rings is 2. The molecule has 28 heavy (non-hydrogen) atoms. The number of aromatic amines is 1. The number of aromatic nitrogens is 6. The first kappa shape index (κ1) is 17.0. The lowest BCUT2D eigenvalue weighted by atomic mass is 10.2. The molecule has 0 saturated heterocycles. The molecule has 3 aromatic heterocycles. The first-order valence-corrected chi connectivity index (χ1v) is 10.0. The minimum absolute atomic E-state index is 0.628. The van der Waals surface area contributed by atoms with Crippen LogP contribution in [0.15, 0.2) is 47.6 Å². The topological polar surface area (TPSA) is 81.5 Å². The van der Waals surface area contributed by atoms with Crippen LogP contribution in [-0.4, -0.2) is 36.3 Å². The predicted molar refractivity (Wildman–Crippen MR) is 111 cm³/mol. The molecular formula is C20H18N6OS. The first-order chi connectivity index (χ1) is 13.7. The number of thioether (sulfide) groups is 1. The Hall–Kier alpha value is -3.13. The summed E-state index contributed by atoms with van der Waals surface area (Å²) >= 11 is 1.52. The maximum atomic E-state index is 5.62. The van der Waals surface area contributed by atoms with E-state index in [4.69, 9.17) is 9.72 Å². The highest BCUT2D eigenvalue weighted by atomic mass is 32.2. The summed E-state index contributed by atoms with van der Waals surface area (Å²) in [4.78, 5) is 12.7. The van der Waals surface area contributed by atoms with Crippen molar-refractivity contribution in [1.29, 1.82) is 0 Å². The lowest BCUT2D eigenvalue weighted by molar-refractivity contribution is 0.341. The SMILES string of the molecule is CCOc1ccc2c(c1)c1nnc(SCc3nc4ccccc4[nH]3)nc1n2C. The second-order valence-electron chi connectivity index (χ2n) is 6.43. The average Bonchev–Trinajstić information content (AvgIpc) is 3.26. The number of hydrogen-bond acceptors (Lipinski definition) is 6. The third-order valence-electron chi connectivity index (χ3n) is 4.64. The summed E-state index contributed by atoms with van der Waals surface area (Å²) in [5.74, 6) is 2.38. The number of imidazole rings is 1. The van der Waals surface area contributed by atoms with Gasteiger partial charge in [-0.3, -0.25) is 0 Å². The highest BCUT2D eigenvalue weighted by Gasteiger charge is 2.14. The van der Waals surface area contributed by atoms with Crippen LogP contribution in [0.25, 0.3) is 33.1 Å². The standard InChI is InChI=1S/C20H18N6OS/c1-3-27-12-8-9-16-13(10-12)18-19(26(16)2)23-20(25-24-18)28-11-17-21-14-6-4-5-7-15(14)22-17/h4-10H,3,11H2,1-2H3,(H,21,22). The Bertz CT molecular complexity index is 1280. The molecule has 0 bridgehead atoms. The van der Waals surface area contributed by atoms with E-state index in [9.17, 15) is 0 Å². The molecule has 0 atom stereocenters. The molecule has 8 heteroatoms. The van der Waals surface area contributed by atoms with E-state index < -0.39 is 0 Å². The summed E-state index contributed by atoms with van der Waals surface area (Å²) in [5.41, 5.74) is 4.65. The Morgan fingerprint density at radius 3 is 2.86 bits per heavy atom. The number of rotatable bonds is 5. The molecule has 5 rings (SSSR count). The molecule has 0 aliphatic rings. The summed E-state index contributed by atoms with van der Waals surface area (Å²) in [7, 11) is 1.99. The summed E-state index contributed by atoms with van der Waals surface area (Å²) in [6.45, 7) is 2.60. The van der Waals surface area contributed by atoms with Crippen LogP contribution in [0.2, 0.25) is 0 Å². The largest absolute Gasteiger partial charge is 0.494 e. The molecule has 7 nitrogen and oxygen atoms in total.